The quantitative estimate of drug-likeness (QED) is 0.400. The second-order valence-corrected chi connectivity index (χ2v) is 7.93. The summed E-state index contributed by atoms with van der Waals surface area (Å²) in [6.45, 7) is -0.0674. The zero-order valence-electron chi connectivity index (χ0n) is 18.3. The van der Waals surface area contributed by atoms with Gasteiger partial charge in [0, 0.05) is 18.9 Å². The van der Waals surface area contributed by atoms with E-state index in [1.807, 2.05) is 5.32 Å². The number of rotatable bonds is 4. The molecular weight excluding hydrogens is 494 g/mol. The van der Waals surface area contributed by atoms with Gasteiger partial charge in [0.25, 0.3) is 11.5 Å². The van der Waals surface area contributed by atoms with Crippen molar-refractivity contribution in [2.24, 2.45) is 7.05 Å². The molecule has 0 aliphatic carbocycles. The lowest BCUT2D eigenvalue weighted by atomic mass is 10.1. The topological polar surface area (TPSA) is 88.9 Å². The minimum atomic E-state index is -5.10. The molecule has 4 rings (SSSR count). The number of nitrogens with zero attached hydrogens (tertiary/aromatic N) is 2. The van der Waals surface area contributed by atoms with Crippen molar-refractivity contribution in [1.29, 1.82) is 0 Å². The van der Waals surface area contributed by atoms with E-state index in [-0.39, 0.29) is 29.2 Å². The first-order chi connectivity index (χ1) is 16.8. The number of aromatic nitrogens is 3. The molecule has 36 heavy (non-hydrogen) atoms. The highest BCUT2D eigenvalue weighted by Gasteiger charge is 2.37. The van der Waals surface area contributed by atoms with Crippen molar-refractivity contribution in [3.05, 3.63) is 97.8 Å². The van der Waals surface area contributed by atoms with Crippen LogP contribution in [-0.4, -0.2) is 20.0 Å². The molecule has 0 bridgehead atoms. The first-order valence-corrected chi connectivity index (χ1v) is 10.2. The molecule has 0 saturated carbocycles. The van der Waals surface area contributed by atoms with Gasteiger partial charge in [0.1, 0.15) is 5.52 Å². The van der Waals surface area contributed by atoms with Gasteiger partial charge < -0.3 is 14.9 Å². The summed E-state index contributed by atoms with van der Waals surface area (Å²) in [4.78, 5) is 40.9. The fraction of sp³-hybridized carbons (Fsp3) is 0.174. The van der Waals surface area contributed by atoms with Gasteiger partial charge in [0.15, 0.2) is 0 Å². The molecule has 188 valence electrons. The maximum absolute atomic E-state index is 13.1. The van der Waals surface area contributed by atoms with E-state index in [0.717, 1.165) is 10.8 Å². The number of carbonyl (C=O) groups is 1. The zero-order chi connectivity index (χ0) is 26.4. The van der Waals surface area contributed by atoms with Crippen LogP contribution < -0.4 is 16.6 Å². The number of nitrogens with one attached hydrogen (secondary N) is 2. The smallest absolute Gasteiger partial charge is 0.344 e. The minimum absolute atomic E-state index is 0.0674. The second-order valence-electron chi connectivity index (χ2n) is 7.93. The Morgan fingerprint density at radius 3 is 2.08 bits per heavy atom. The maximum Gasteiger partial charge on any atom is 0.416 e. The number of halogens is 6. The van der Waals surface area contributed by atoms with Gasteiger partial charge in [-0.2, -0.15) is 26.3 Å². The Morgan fingerprint density at radius 1 is 0.944 bits per heavy atom. The van der Waals surface area contributed by atoms with Crippen molar-refractivity contribution in [2.75, 3.05) is 5.32 Å². The third-order valence-electron chi connectivity index (χ3n) is 5.38. The summed E-state index contributed by atoms with van der Waals surface area (Å²) < 4.78 is 80.9. The lowest BCUT2D eigenvalue weighted by molar-refractivity contribution is -0.143. The molecule has 7 nitrogen and oxygen atoms in total. The predicted octanol–water partition coefficient (Wildman–Crippen LogP) is 4.37. The Balaban J connectivity index is 1.76. The van der Waals surface area contributed by atoms with Gasteiger partial charge in [-0.1, -0.05) is 30.3 Å². The van der Waals surface area contributed by atoms with Gasteiger partial charge in [-0.25, -0.2) is 4.79 Å². The number of hydrogen-bond donors (Lipinski definition) is 2. The molecule has 2 aromatic carbocycles. The summed E-state index contributed by atoms with van der Waals surface area (Å²) in [5, 5.41) is 2.00. The summed E-state index contributed by atoms with van der Waals surface area (Å²) in [6.07, 6.45) is -9.06. The van der Waals surface area contributed by atoms with Gasteiger partial charge >= 0.3 is 18.0 Å². The Kier molecular flexibility index (Phi) is 6.02. The molecule has 0 saturated heterocycles. The number of H-pyrrole nitrogens is 1. The summed E-state index contributed by atoms with van der Waals surface area (Å²) in [6, 6.07) is 9.23. The number of benzene rings is 2. The van der Waals surface area contributed by atoms with Crippen molar-refractivity contribution in [3.63, 3.8) is 0 Å². The first kappa shape index (κ1) is 24.8. The highest BCUT2D eigenvalue weighted by molar-refractivity contribution is 6.11. The standard InChI is InChI=1S/C23H16F6N4O3/c1-32-11-16(17-18(32)20(35)33(21(36)31-17)10-12-5-3-2-4-6-12)19(34)30-15-8-13(22(24,25)26)7-14(9-15)23(27,28)29/h2-9,11H,10H2,1H3,(H,30,34)(H,31,36). The van der Waals surface area contributed by atoms with E-state index in [9.17, 15) is 40.7 Å². The molecule has 2 heterocycles. The number of aryl methyl sites for hydroxylation is 1. The minimum Gasteiger partial charge on any atom is -0.344 e. The van der Waals surface area contributed by atoms with Crippen LogP contribution in [-0.2, 0) is 25.9 Å². The molecule has 0 spiro atoms. The normalized spacial score (nSPS) is 12.2. The van der Waals surface area contributed by atoms with Crippen LogP contribution in [0.3, 0.4) is 0 Å². The van der Waals surface area contributed by atoms with Gasteiger partial charge in [-0.05, 0) is 23.8 Å². The monoisotopic (exact) mass is 510 g/mol. The number of carbonyl (C=O) groups excluding carboxylic acids is 1. The van der Waals surface area contributed by atoms with Crippen LogP contribution in [0.25, 0.3) is 11.0 Å². The lowest BCUT2D eigenvalue weighted by Gasteiger charge is -2.14. The average Bonchev–Trinajstić information content (AvgIpc) is 3.12. The molecule has 2 N–H and O–H groups in total. The van der Waals surface area contributed by atoms with E-state index in [2.05, 4.69) is 4.98 Å². The number of anilines is 1. The van der Waals surface area contributed by atoms with E-state index in [1.54, 1.807) is 30.3 Å². The van der Waals surface area contributed by atoms with Gasteiger partial charge in [-0.15, -0.1) is 0 Å². The van der Waals surface area contributed by atoms with Gasteiger partial charge in [0.05, 0.1) is 28.8 Å². The Morgan fingerprint density at radius 2 is 1.53 bits per heavy atom. The van der Waals surface area contributed by atoms with E-state index < -0.39 is 46.3 Å². The third-order valence-corrected chi connectivity index (χ3v) is 5.38. The molecule has 0 radical (unpaired) electrons. The van der Waals surface area contributed by atoms with Crippen LogP contribution in [0.15, 0.2) is 64.3 Å². The van der Waals surface area contributed by atoms with Gasteiger partial charge in [0.2, 0.25) is 0 Å². The predicted molar refractivity (Wildman–Crippen MR) is 118 cm³/mol. The molecule has 4 aromatic rings. The summed E-state index contributed by atoms with van der Waals surface area (Å²) in [5.74, 6) is -1.12. The zero-order valence-corrected chi connectivity index (χ0v) is 18.3. The van der Waals surface area contributed by atoms with E-state index in [0.29, 0.717) is 17.7 Å². The Hall–Kier alpha value is -4.29. The van der Waals surface area contributed by atoms with Crippen LogP contribution in [0.2, 0.25) is 0 Å². The Bertz CT molecular complexity index is 1550. The summed E-state index contributed by atoms with van der Waals surface area (Å²) in [7, 11) is 1.40. The third kappa shape index (κ3) is 4.76. The second kappa shape index (κ2) is 8.73. The van der Waals surface area contributed by atoms with E-state index in [1.165, 1.54) is 11.6 Å². The van der Waals surface area contributed by atoms with Crippen molar-refractivity contribution >= 4 is 22.6 Å². The highest BCUT2D eigenvalue weighted by Crippen LogP contribution is 2.37. The van der Waals surface area contributed by atoms with Crippen LogP contribution >= 0.6 is 0 Å². The fourth-order valence-corrected chi connectivity index (χ4v) is 3.71. The van der Waals surface area contributed by atoms with Crippen LogP contribution in [0.5, 0.6) is 0 Å². The number of hydrogen-bond acceptors (Lipinski definition) is 3. The molecule has 0 aliphatic heterocycles. The molecule has 2 aromatic heterocycles. The van der Waals surface area contributed by atoms with Crippen molar-refractivity contribution in [3.8, 4) is 0 Å². The van der Waals surface area contributed by atoms with Crippen molar-refractivity contribution < 1.29 is 31.1 Å². The fourth-order valence-electron chi connectivity index (χ4n) is 3.71. The largest absolute Gasteiger partial charge is 0.416 e. The van der Waals surface area contributed by atoms with E-state index >= 15 is 0 Å². The lowest BCUT2D eigenvalue weighted by Crippen LogP contribution is -2.36. The number of amides is 1. The molecule has 0 atom stereocenters. The van der Waals surface area contributed by atoms with E-state index in [4.69, 9.17) is 0 Å². The van der Waals surface area contributed by atoms with Crippen LogP contribution in [0, 0.1) is 0 Å². The summed E-state index contributed by atoms with van der Waals surface area (Å²) in [5.41, 5.74) is -5.54. The molecule has 1 amide bonds. The molecular formula is C23H16F6N4O3. The SMILES string of the molecule is Cn1cc(C(=O)Nc2cc(C(F)(F)F)cc(C(F)(F)F)c2)c2[nH]c(=O)n(Cc3ccccc3)c(=O)c21. The van der Waals surface area contributed by atoms with Crippen LogP contribution in [0.4, 0.5) is 32.0 Å². The van der Waals surface area contributed by atoms with Crippen LogP contribution in [0.1, 0.15) is 27.0 Å². The number of fused-ring (bicyclic) bond motifs is 1. The molecule has 13 heteroatoms. The average molecular weight is 510 g/mol. The van der Waals surface area contributed by atoms with Gasteiger partial charge in [-0.3, -0.25) is 14.2 Å². The van der Waals surface area contributed by atoms with Crippen molar-refractivity contribution in [2.45, 2.75) is 18.9 Å². The highest BCUT2D eigenvalue weighted by atomic mass is 19.4. The molecule has 0 unspecified atom stereocenters. The summed E-state index contributed by atoms with van der Waals surface area (Å²) >= 11 is 0. The molecule has 0 aliphatic rings. The van der Waals surface area contributed by atoms with Crippen molar-refractivity contribution in [1.82, 2.24) is 14.1 Å². The number of alkyl halides is 6. The number of aromatic amines is 1. The molecule has 0 fully saturated rings. The Labute approximate surface area is 197 Å². The first-order valence-electron chi connectivity index (χ1n) is 10.2. The maximum atomic E-state index is 13.1.